The van der Waals surface area contributed by atoms with Crippen molar-refractivity contribution in [2.45, 2.75) is 18.5 Å². The first kappa shape index (κ1) is 21.4. The second kappa shape index (κ2) is 8.37. The van der Waals surface area contributed by atoms with Gasteiger partial charge in [-0.25, -0.2) is 4.39 Å². The summed E-state index contributed by atoms with van der Waals surface area (Å²) >= 11 is 8.87. The van der Waals surface area contributed by atoms with Crippen LogP contribution in [0.1, 0.15) is 17.3 Å². The van der Waals surface area contributed by atoms with Gasteiger partial charge in [0.15, 0.2) is 0 Å². The standard InChI is InChI=1S/C19H17ClFN3O3S3/c1-24-15(19(25)22-11-4-5-13(21)12(20)9-11)10-14(23-30(24,26)27)16-6-7-18(29-16)17-3-2-8-28-17/h2-9,14-15,23H,10H2,1H3,(H,22,25). The lowest BCUT2D eigenvalue weighted by molar-refractivity contribution is -0.120. The number of hydrogen-bond donors (Lipinski definition) is 2. The molecule has 1 saturated heterocycles. The molecule has 2 atom stereocenters. The number of rotatable bonds is 4. The van der Waals surface area contributed by atoms with Gasteiger partial charge in [-0.1, -0.05) is 17.7 Å². The predicted octanol–water partition coefficient (Wildman–Crippen LogP) is 4.49. The van der Waals surface area contributed by atoms with E-state index < -0.39 is 34.0 Å². The molecule has 11 heteroatoms. The third-order valence-corrected chi connectivity index (χ3v) is 8.94. The Kier molecular flexibility index (Phi) is 5.97. The van der Waals surface area contributed by atoms with E-state index in [0.29, 0.717) is 5.69 Å². The quantitative estimate of drug-likeness (QED) is 0.571. The predicted molar refractivity (Wildman–Crippen MR) is 119 cm³/mol. The maximum absolute atomic E-state index is 13.4. The fourth-order valence-electron chi connectivity index (χ4n) is 3.19. The maximum atomic E-state index is 13.4. The first-order chi connectivity index (χ1) is 14.2. The van der Waals surface area contributed by atoms with Crippen LogP contribution in [-0.2, 0) is 15.0 Å². The van der Waals surface area contributed by atoms with Crippen LogP contribution in [0.2, 0.25) is 5.02 Å². The van der Waals surface area contributed by atoms with Gasteiger partial charge < -0.3 is 5.32 Å². The Balaban J connectivity index is 1.57. The SMILES string of the molecule is CN1C(C(=O)Nc2ccc(F)c(Cl)c2)CC(c2ccc(-c3cccs3)s2)NS1(=O)=O. The van der Waals surface area contributed by atoms with Crippen LogP contribution in [0.4, 0.5) is 10.1 Å². The minimum Gasteiger partial charge on any atom is -0.325 e. The molecule has 3 heterocycles. The first-order valence-corrected chi connectivity index (χ1v) is 12.4. The van der Waals surface area contributed by atoms with Crippen LogP contribution < -0.4 is 10.0 Å². The summed E-state index contributed by atoms with van der Waals surface area (Å²) in [4.78, 5) is 15.8. The van der Waals surface area contributed by atoms with Gasteiger partial charge in [0.1, 0.15) is 11.9 Å². The van der Waals surface area contributed by atoms with Gasteiger partial charge in [0, 0.05) is 27.4 Å². The third kappa shape index (κ3) is 4.29. The lowest BCUT2D eigenvalue weighted by Crippen LogP contribution is -2.55. The Morgan fingerprint density at radius 3 is 2.77 bits per heavy atom. The molecular formula is C19H17ClFN3O3S3. The number of amides is 1. The molecule has 0 aliphatic carbocycles. The van der Waals surface area contributed by atoms with Crippen LogP contribution in [0.5, 0.6) is 0 Å². The maximum Gasteiger partial charge on any atom is 0.280 e. The molecule has 1 fully saturated rings. The number of nitrogens with zero attached hydrogens (tertiary/aromatic N) is 1. The molecule has 2 unspecified atom stereocenters. The van der Waals surface area contributed by atoms with E-state index in [4.69, 9.17) is 11.6 Å². The molecule has 6 nitrogen and oxygen atoms in total. The summed E-state index contributed by atoms with van der Waals surface area (Å²) < 4.78 is 42.3. The van der Waals surface area contributed by atoms with E-state index in [0.717, 1.165) is 25.0 Å². The van der Waals surface area contributed by atoms with Crippen molar-refractivity contribution < 1.29 is 17.6 Å². The van der Waals surface area contributed by atoms with Crippen molar-refractivity contribution in [2.75, 3.05) is 12.4 Å². The molecule has 1 aliphatic heterocycles. The number of nitrogens with one attached hydrogen (secondary N) is 2. The molecule has 3 aromatic rings. The Morgan fingerprint density at radius 1 is 1.27 bits per heavy atom. The summed E-state index contributed by atoms with van der Waals surface area (Å²) in [5.41, 5.74) is 0.295. The number of thiophene rings is 2. The Hall–Kier alpha value is -1.82. The average molecular weight is 486 g/mol. The zero-order chi connectivity index (χ0) is 21.5. The lowest BCUT2D eigenvalue weighted by Gasteiger charge is -2.35. The summed E-state index contributed by atoms with van der Waals surface area (Å²) in [5, 5.41) is 4.48. The van der Waals surface area contributed by atoms with Crippen molar-refractivity contribution in [3.8, 4) is 9.75 Å². The summed E-state index contributed by atoms with van der Waals surface area (Å²) in [6.07, 6.45) is 0.251. The number of benzene rings is 1. The minimum atomic E-state index is -3.86. The van der Waals surface area contributed by atoms with Gasteiger partial charge in [0.05, 0.1) is 11.1 Å². The largest absolute Gasteiger partial charge is 0.325 e. The Morgan fingerprint density at radius 2 is 2.07 bits per heavy atom. The molecule has 30 heavy (non-hydrogen) atoms. The van der Waals surface area contributed by atoms with Crippen molar-refractivity contribution in [3.63, 3.8) is 0 Å². The number of carbonyl (C=O) groups is 1. The van der Waals surface area contributed by atoms with E-state index in [9.17, 15) is 17.6 Å². The van der Waals surface area contributed by atoms with Crippen LogP contribution in [0.25, 0.3) is 9.75 Å². The highest BCUT2D eigenvalue weighted by molar-refractivity contribution is 7.87. The monoisotopic (exact) mass is 485 g/mol. The summed E-state index contributed by atoms with van der Waals surface area (Å²) in [5.74, 6) is -1.11. The van der Waals surface area contributed by atoms with Crippen molar-refractivity contribution in [1.82, 2.24) is 9.03 Å². The highest BCUT2D eigenvalue weighted by Gasteiger charge is 2.41. The number of hydrogen-bond acceptors (Lipinski definition) is 5. The van der Waals surface area contributed by atoms with Gasteiger partial charge in [0.2, 0.25) is 5.91 Å². The highest BCUT2D eigenvalue weighted by atomic mass is 35.5. The average Bonchev–Trinajstić information content (AvgIpc) is 3.38. The lowest BCUT2D eigenvalue weighted by atomic mass is 10.1. The van der Waals surface area contributed by atoms with E-state index in [2.05, 4.69) is 10.0 Å². The summed E-state index contributed by atoms with van der Waals surface area (Å²) in [6, 6.07) is 10.1. The number of carbonyl (C=O) groups excluding carboxylic acids is 1. The molecule has 2 N–H and O–H groups in total. The molecule has 0 radical (unpaired) electrons. The summed E-state index contributed by atoms with van der Waals surface area (Å²) in [6.45, 7) is 0. The molecule has 1 aliphatic rings. The van der Waals surface area contributed by atoms with Gasteiger partial charge in [-0.15, -0.1) is 22.7 Å². The van der Waals surface area contributed by atoms with E-state index in [1.807, 2.05) is 29.6 Å². The van der Waals surface area contributed by atoms with Crippen LogP contribution in [0, 0.1) is 5.82 Å². The molecule has 0 spiro atoms. The molecule has 0 bridgehead atoms. The molecule has 4 rings (SSSR count). The third-order valence-electron chi connectivity index (χ3n) is 4.79. The van der Waals surface area contributed by atoms with Crippen LogP contribution in [0.3, 0.4) is 0 Å². The molecular weight excluding hydrogens is 469 g/mol. The van der Waals surface area contributed by atoms with Crippen molar-refractivity contribution in [3.05, 3.63) is 63.6 Å². The second-order valence-corrected chi connectivity index (χ2v) is 11.0. The number of anilines is 1. The van der Waals surface area contributed by atoms with Gasteiger partial charge in [-0.3, -0.25) is 4.79 Å². The van der Waals surface area contributed by atoms with E-state index in [1.165, 1.54) is 30.5 Å². The topological polar surface area (TPSA) is 78.5 Å². The fourth-order valence-corrected chi connectivity index (χ4v) is 6.61. The Labute approximate surface area is 186 Å². The van der Waals surface area contributed by atoms with E-state index in [1.54, 1.807) is 11.3 Å². The normalized spacial score (nSPS) is 21.4. The van der Waals surface area contributed by atoms with Gasteiger partial charge in [-0.2, -0.15) is 17.4 Å². The first-order valence-electron chi connectivity index (χ1n) is 8.89. The van der Waals surface area contributed by atoms with Crippen molar-refractivity contribution in [2.24, 2.45) is 0 Å². The van der Waals surface area contributed by atoms with Crippen LogP contribution in [-0.4, -0.2) is 31.7 Å². The van der Waals surface area contributed by atoms with Gasteiger partial charge in [-0.05, 0) is 48.2 Å². The fraction of sp³-hybridized carbons (Fsp3) is 0.211. The number of halogens is 2. The minimum absolute atomic E-state index is 0.128. The molecule has 1 aromatic carbocycles. The highest BCUT2D eigenvalue weighted by Crippen LogP contribution is 2.37. The molecule has 158 valence electrons. The second-order valence-electron chi connectivity index (χ2n) is 6.74. The summed E-state index contributed by atoms with van der Waals surface area (Å²) in [7, 11) is -2.51. The Bertz CT molecular complexity index is 1180. The molecule has 1 amide bonds. The van der Waals surface area contributed by atoms with Crippen LogP contribution in [0.15, 0.2) is 47.8 Å². The van der Waals surface area contributed by atoms with E-state index in [-0.39, 0.29) is 11.4 Å². The van der Waals surface area contributed by atoms with Gasteiger partial charge >= 0.3 is 0 Å². The zero-order valence-electron chi connectivity index (χ0n) is 15.6. The zero-order valence-corrected chi connectivity index (χ0v) is 18.8. The molecule has 0 saturated carbocycles. The van der Waals surface area contributed by atoms with Crippen LogP contribution >= 0.6 is 34.3 Å². The van der Waals surface area contributed by atoms with Crippen molar-refractivity contribution >= 4 is 56.1 Å². The van der Waals surface area contributed by atoms with Crippen molar-refractivity contribution in [1.29, 1.82) is 0 Å². The number of likely N-dealkylation sites (N-methyl/N-ethyl adjacent to an activating group) is 1. The smallest absolute Gasteiger partial charge is 0.280 e. The van der Waals surface area contributed by atoms with E-state index >= 15 is 0 Å². The molecule has 2 aromatic heterocycles. The van der Waals surface area contributed by atoms with Gasteiger partial charge in [0.25, 0.3) is 10.2 Å².